The highest BCUT2D eigenvalue weighted by Gasteiger charge is 2.36. The first-order valence-electron chi connectivity index (χ1n) is 19.1. The standard InChI is InChI=1S/C53H37NO/c1-53(2)45-22-12-10-19-41(45)42-29-28-38(33-46(42)53)54(48-32-37-16-6-7-17-39(37)40-18-8-9-20-43(40)48)47-30-31-50-52(44-21-11-13-23-49(44)55-50)51(47)36-26-24-35(25-27-36)34-14-4-3-5-15-34/h3-33H,1-2H3. The summed E-state index contributed by atoms with van der Waals surface area (Å²) >= 11 is 0. The largest absolute Gasteiger partial charge is 0.456 e. The van der Waals surface area contributed by atoms with Gasteiger partial charge in [-0.15, -0.1) is 0 Å². The fourth-order valence-electron chi connectivity index (χ4n) is 9.20. The van der Waals surface area contributed by atoms with Crippen LogP contribution in [0.15, 0.2) is 192 Å². The van der Waals surface area contributed by atoms with Crippen LogP contribution in [0.1, 0.15) is 25.0 Å². The summed E-state index contributed by atoms with van der Waals surface area (Å²) in [5.41, 5.74) is 15.0. The third-order valence-electron chi connectivity index (χ3n) is 11.9. The molecule has 0 spiro atoms. The van der Waals surface area contributed by atoms with Gasteiger partial charge in [0.15, 0.2) is 0 Å². The normalized spacial score (nSPS) is 13.1. The summed E-state index contributed by atoms with van der Waals surface area (Å²) in [4.78, 5) is 2.51. The van der Waals surface area contributed by atoms with Crippen molar-refractivity contribution in [3.05, 3.63) is 199 Å². The van der Waals surface area contributed by atoms with E-state index in [0.717, 1.165) is 50.1 Å². The molecule has 0 aliphatic heterocycles. The molecule has 10 aromatic rings. The number of hydrogen-bond acceptors (Lipinski definition) is 2. The van der Waals surface area contributed by atoms with Crippen LogP contribution in [0.3, 0.4) is 0 Å². The topological polar surface area (TPSA) is 16.4 Å². The zero-order valence-electron chi connectivity index (χ0n) is 30.8. The van der Waals surface area contributed by atoms with Gasteiger partial charge in [0.25, 0.3) is 0 Å². The molecule has 1 aliphatic rings. The minimum absolute atomic E-state index is 0.153. The van der Waals surface area contributed by atoms with Crippen molar-refractivity contribution in [3.63, 3.8) is 0 Å². The van der Waals surface area contributed by atoms with Gasteiger partial charge < -0.3 is 9.32 Å². The molecular weight excluding hydrogens is 667 g/mol. The Morgan fingerprint density at radius 2 is 1.05 bits per heavy atom. The zero-order chi connectivity index (χ0) is 36.7. The Morgan fingerprint density at radius 3 is 1.89 bits per heavy atom. The predicted molar refractivity (Wildman–Crippen MR) is 232 cm³/mol. The molecule has 0 atom stereocenters. The average Bonchev–Trinajstić information content (AvgIpc) is 3.73. The number of hydrogen-bond donors (Lipinski definition) is 0. The van der Waals surface area contributed by atoms with Crippen LogP contribution in [0.25, 0.3) is 76.9 Å². The first-order valence-corrected chi connectivity index (χ1v) is 19.1. The van der Waals surface area contributed by atoms with E-state index in [9.17, 15) is 0 Å². The molecule has 55 heavy (non-hydrogen) atoms. The Hall–Kier alpha value is -6.90. The van der Waals surface area contributed by atoms with Crippen molar-refractivity contribution in [2.24, 2.45) is 0 Å². The Labute approximate surface area is 320 Å². The smallest absolute Gasteiger partial charge is 0.136 e. The lowest BCUT2D eigenvalue weighted by molar-refractivity contribution is 0.660. The molecule has 2 heteroatoms. The Morgan fingerprint density at radius 1 is 0.418 bits per heavy atom. The first kappa shape index (κ1) is 31.6. The van der Waals surface area contributed by atoms with Gasteiger partial charge in [-0.1, -0.05) is 166 Å². The molecule has 11 rings (SSSR count). The lowest BCUT2D eigenvalue weighted by atomic mass is 9.82. The highest BCUT2D eigenvalue weighted by atomic mass is 16.3. The quantitative estimate of drug-likeness (QED) is 0.166. The number of anilines is 3. The van der Waals surface area contributed by atoms with E-state index in [4.69, 9.17) is 4.42 Å². The van der Waals surface area contributed by atoms with Crippen LogP contribution in [-0.4, -0.2) is 0 Å². The Bertz CT molecular complexity index is 3110. The van der Waals surface area contributed by atoms with Crippen LogP contribution in [0.5, 0.6) is 0 Å². The van der Waals surface area contributed by atoms with E-state index in [0.29, 0.717) is 0 Å². The van der Waals surface area contributed by atoms with Gasteiger partial charge in [0.05, 0.1) is 11.4 Å². The van der Waals surface area contributed by atoms with Crippen LogP contribution in [0.2, 0.25) is 0 Å². The summed E-state index contributed by atoms with van der Waals surface area (Å²) in [6.45, 7) is 4.72. The van der Waals surface area contributed by atoms with E-state index in [1.165, 1.54) is 54.9 Å². The lowest BCUT2D eigenvalue weighted by Crippen LogP contribution is -2.17. The van der Waals surface area contributed by atoms with Gasteiger partial charge >= 0.3 is 0 Å². The van der Waals surface area contributed by atoms with E-state index in [-0.39, 0.29) is 5.41 Å². The van der Waals surface area contributed by atoms with Gasteiger partial charge in [-0.05, 0) is 91.5 Å². The number of furan rings is 1. The second kappa shape index (κ2) is 12.1. The summed E-state index contributed by atoms with van der Waals surface area (Å²) in [5, 5.41) is 7.11. The van der Waals surface area contributed by atoms with Gasteiger partial charge in [-0.3, -0.25) is 0 Å². The van der Waals surface area contributed by atoms with E-state index in [1.54, 1.807) is 0 Å². The molecular formula is C53H37NO. The van der Waals surface area contributed by atoms with Crippen LogP contribution in [-0.2, 0) is 5.41 Å². The van der Waals surface area contributed by atoms with Crippen LogP contribution < -0.4 is 4.90 Å². The molecule has 1 aliphatic carbocycles. The molecule has 0 amide bonds. The SMILES string of the molecule is CC1(C)c2ccccc2-c2ccc(N(c3ccc4oc5ccccc5c4c3-c3ccc(-c4ccccc4)cc3)c3cc4ccccc4c4ccccc34)cc21. The lowest BCUT2D eigenvalue weighted by Gasteiger charge is -2.31. The summed E-state index contributed by atoms with van der Waals surface area (Å²) < 4.78 is 6.59. The minimum atomic E-state index is -0.153. The van der Waals surface area contributed by atoms with Gasteiger partial charge in [0.1, 0.15) is 11.2 Å². The Kier molecular flexibility index (Phi) is 6.93. The molecule has 260 valence electrons. The van der Waals surface area contributed by atoms with Crippen molar-refractivity contribution >= 4 is 60.5 Å². The van der Waals surface area contributed by atoms with Crippen molar-refractivity contribution in [1.82, 2.24) is 0 Å². The summed E-state index contributed by atoms with van der Waals surface area (Å²) in [6.07, 6.45) is 0. The molecule has 0 fully saturated rings. The molecule has 2 nitrogen and oxygen atoms in total. The third kappa shape index (κ3) is 4.81. The molecule has 0 saturated carbocycles. The Balaban J connectivity index is 1.24. The van der Waals surface area contributed by atoms with E-state index in [1.807, 2.05) is 0 Å². The summed E-state index contributed by atoms with van der Waals surface area (Å²) in [6, 6.07) is 68.5. The van der Waals surface area contributed by atoms with E-state index < -0.39 is 0 Å². The molecule has 0 saturated heterocycles. The van der Waals surface area contributed by atoms with Crippen molar-refractivity contribution in [2.75, 3.05) is 4.90 Å². The second-order valence-electron chi connectivity index (χ2n) is 15.3. The van der Waals surface area contributed by atoms with Crippen LogP contribution >= 0.6 is 0 Å². The highest BCUT2D eigenvalue weighted by Crippen LogP contribution is 2.53. The van der Waals surface area contributed by atoms with Crippen molar-refractivity contribution in [2.45, 2.75) is 19.3 Å². The van der Waals surface area contributed by atoms with Crippen molar-refractivity contribution in [1.29, 1.82) is 0 Å². The van der Waals surface area contributed by atoms with Crippen molar-refractivity contribution in [3.8, 4) is 33.4 Å². The number of benzene rings is 9. The van der Waals surface area contributed by atoms with Crippen LogP contribution in [0, 0.1) is 0 Å². The van der Waals surface area contributed by atoms with Gasteiger partial charge in [0.2, 0.25) is 0 Å². The maximum absolute atomic E-state index is 6.59. The number of fused-ring (bicyclic) bond motifs is 9. The molecule has 0 unspecified atom stereocenters. The number of rotatable bonds is 5. The third-order valence-corrected chi connectivity index (χ3v) is 11.9. The molecule has 9 aromatic carbocycles. The molecule has 1 aromatic heterocycles. The van der Waals surface area contributed by atoms with Crippen molar-refractivity contribution < 1.29 is 4.42 Å². The highest BCUT2D eigenvalue weighted by molar-refractivity contribution is 6.19. The summed E-state index contributed by atoms with van der Waals surface area (Å²) in [5.74, 6) is 0. The van der Waals surface area contributed by atoms with Crippen LogP contribution in [0.4, 0.5) is 17.1 Å². The van der Waals surface area contributed by atoms with Gasteiger partial charge in [-0.2, -0.15) is 0 Å². The predicted octanol–water partition coefficient (Wildman–Crippen LogP) is 15.0. The van der Waals surface area contributed by atoms with Gasteiger partial charge in [-0.25, -0.2) is 0 Å². The average molecular weight is 704 g/mol. The maximum Gasteiger partial charge on any atom is 0.136 e. The fourth-order valence-corrected chi connectivity index (χ4v) is 9.20. The zero-order valence-corrected chi connectivity index (χ0v) is 30.8. The minimum Gasteiger partial charge on any atom is -0.456 e. The number of nitrogens with zero attached hydrogens (tertiary/aromatic N) is 1. The molecule has 0 N–H and O–H groups in total. The first-order chi connectivity index (χ1) is 27.0. The van der Waals surface area contributed by atoms with E-state index >= 15 is 0 Å². The fraction of sp³-hybridized carbons (Fsp3) is 0.0566. The molecule has 1 heterocycles. The summed E-state index contributed by atoms with van der Waals surface area (Å²) in [7, 11) is 0. The maximum atomic E-state index is 6.59. The number of para-hydroxylation sites is 1. The molecule has 0 bridgehead atoms. The van der Waals surface area contributed by atoms with Gasteiger partial charge in [0, 0.05) is 32.8 Å². The molecule has 0 radical (unpaired) electrons. The second-order valence-corrected chi connectivity index (χ2v) is 15.3. The van der Waals surface area contributed by atoms with E-state index in [2.05, 4.69) is 207 Å². The monoisotopic (exact) mass is 703 g/mol.